The molecule has 144 valence electrons. The van der Waals surface area contributed by atoms with Gasteiger partial charge in [-0.25, -0.2) is 13.1 Å². The lowest BCUT2D eigenvalue weighted by Crippen LogP contribution is -2.42. The standard InChI is InChI=1S/C20H23NO5S/c1-25-16-4-6-18-14(11-16)3-2-9-20(18,22)13-21-27(23,24)17-5-7-19-15(12-17)8-10-26-19/h4-7,11-12,21-22H,2-3,8-10,13H2,1H3. The van der Waals surface area contributed by atoms with Gasteiger partial charge in [-0.2, -0.15) is 0 Å². The van der Waals surface area contributed by atoms with Crippen LogP contribution in [0.2, 0.25) is 0 Å². The number of aliphatic hydroxyl groups is 1. The number of nitrogens with one attached hydrogen (secondary N) is 1. The average molecular weight is 389 g/mol. The van der Waals surface area contributed by atoms with Gasteiger partial charge in [0.2, 0.25) is 10.0 Å². The van der Waals surface area contributed by atoms with Crippen molar-refractivity contribution in [2.45, 2.75) is 36.2 Å². The second kappa shape index (κ2) is 6.82. The summed E-state index contributed by atoms with van der Waals surface area (Å²) in [5, 5.41) is 11.2. The van der Waals surface area contributed by atoms with Crippen LogP contribution in [0.1, 0.15) is 29.5 Å². The molecule has 0 spiro atoms. The molecule has 1 aliphatic carbocycles. The van der Waals surface area contributed by atoms with Crippen LogP contribution >= 0.6 is 0 Å². The summed E-state index contributed by atoms with van der Waals surface area (Å²) in [6.07, 6.45) is 2.84. The van der Waals surface area contributed by atoms with Gasteiger partial charge in [0, 0.05) is 13.0 Å². The van der Waals surface area contributed by atoms with E-state index in [1.54, 1.807) is 25.3 Å². The minimum Gasteiger partial charge on any atom is -0.497 e. The lowest BCUT2D eigenvalue weighted by Gasteiger charge is -2.34. The zero-order valence-electron chi connectivity index (χ0n) is 15.2. The van der Waals surface area contributed by atoms with Crippen LogP contribution in [0.4, 0.5) is 0 Å². The van der Waals surface area contributed by atoms with E-state index in [0.29, 0.717) is 19.4 Å². The van der Waals surface area contributed by atoms with Crippen molar-refractivity contribution in [2.24, 2.45) is 0 Å². The molecule has 0 aromatic heterocycles. The van der Waals surface area contributed by atoms with Gasteiger partial charge in [0.05, 0.1) is 18.6 Å². The predicted molar refractivity (Wildman–Crippen MR) is 101 cm³/mol. The number of ether oxygens (including phenoxy) is 2. The van der Waals surface area contributed by atoms with E-state index in [-0.39, 0.29) is 11.4 Å². The van der Waals surface area contributed by atoms with E-state index < -0.39 is 15.6 Å². The van der Waals surface area contributed by atoms with E-state index in [1.165, 1.54) is 6.07 Å². The quantitative estimate of drug-likeness (QED) is 0.818. The molecule has 1 unspecified atom stereocenters. The normalized spacial score (nSPS) is 21.3. The second-order valence-corrected chi connectivity index (χ2v) is 8.87. The molecular weight excluding hydrogens is 366 g/mol. The van der Waals surface area contributed by atoms with Gasteiger partial charge in [-0.1, -0.05) is 6.07 Å². The molecule has 0 saturated heterocycles. The van der Waals surface area contributed by atoms with E-state index in [9.17, 15) is 13.5 Å². The Morgan fingerprint density at radius 3 is 2.85 bits per heavy atom. The van der Waals surface area contributed by atoms with Gasteiger partial charge in [0.1, 0.15) is 17.1 Å². The molecule has 0 fully saturated rings. The molecule has 4 rings (SSSR count). The van der Waals surface area contributed by atoms with Crippen LogP contribution in [-0.2, 0) is 28.5 Å². The van der Waals surface area contributed by atoms with Crippen LogP contribution in [-0.4, -0.2) is 33.8 Å². The van der Waals surface area contributed by atoms with Gasteiger partial charge in [0.15, 0.2) is 0 Å². The molecular formula is C20H23NO5S. The molecule has 0 radical (unpaired) electrons. The van der Waals surface area contributed by atoms with Crippen molar-refractivity contribution in [3.8, 4) is 11.5 Å². The molecule has 1 aliphatic heterocycles. The lowest BCUT2D eigenvalue weighted by molar-refractivity contribution is 0.0242. The summed E-state index contributed by atoms with van der Waals surface area (Å²) >= 11 is 0. The Bertz CT molecular complexity index is 972. The molecule has 1 heterocycles. The van der Waals surface area contributed by atoms with E-state index in [1.807, 2.05) is 12.1 Å². The molecule has 0 saturated carbocycles. The smallest absolute Gasteiger partial charge is 0.240 e. The molecule has 6 nitrogen and oxygen atoms in total. The molecule has 2 aliphatic rings. The number of rotatable bonds is 5. The summed E-state index contributed by atoms with van der Waals surface area (Å²) in [6.45, 7) is 0.508. The van der Waals surface area contributed by atoms with Gasteiger partial charge in [-0.05, 0) is 66.3 Å². The molecule has 2 aromatic rings. The van der Waals surface area contributed by atoms with Crippen LogP contribution in [0, 0.1) is 0 Å². The van der Waals surface area contributed by atoms with Crippen LogP contribution in [0.5, 0.6) is 11.5 Å². The Labute approximate surface area is 159 Å². The number of benzene rings is 2. The molecule has 1 atom stereocenters. The highest BCUT2D eigenvalue weighted by Crippen LogP contribution is 2.37. The maximum Gasteiger partial charge on any atom is 0.240 e. The van der Waals surface area contributed by atoms with Crippen molar-refractivity contribution in [2.75, 3.05) is 20.3 Å². The zero-order chi connectivity index (χ0) is 19.1. The minimum atomic E-state index is -3.72. The average Bonchev–Trinajstić information content (AvgIpc) is 3.14. The monoisotopic (exact) mass is 389 g/mol. The van der Waals surface area contributed by atoms with E-state index in [4.69, 9.17) is 9.47 Å². The summed E-state index contributed by atoms with van der Waals surface area (Å²) < 4.78 is 38.8. The highest BCUT2D eigenvalue weighted by molar-refractivity contribution is 7.89. The van der Waals surface area contributed by atoms with E-state index in [2.05, 4.69) is 4.72 Å². The number of fused-ring (bicyclic) bond motifs is 2. The van der Waals surface area contributed by atoms with Crippen molar-refractivity contribution in [3.05, 3.63) is 53.1 Å². The van der Waals surface area contributed by atoms with Crippen molar-refractivity contribution >= 4 is 10.0 Å². The maximum absolute atomic E-state index is 12.7. The van der Waals surface area contributed by atoms with Crippen LogP contribution in [0.25, 0.3) is 0 Å². The Morgan fingerprint density at radius 2 is 2.04 bits per heavy atom. The van der Waals surface area contributed by atoms with Crippen molar-refractivity contribution in [1.82, 2.24) is 4.72 Å². The Kier molecular flexibility index (Phi) is 4.61. The zero-order valence-corrected chi connectivity index (χ0v) is 16.0. The SMILES string of the molecule is COc1ccc2c(c1)CCCC2(O)CNS(=O)(=O)c1ccc2c(c1)CCO2. The Hall–Kier alpha value is -2.09. The third kappa shape index (κ3) is 3.42. The lowest BCUT2D eigenvalue weighted by atomic mass is 9.79. The fourth-order valence-corrected chi connectivity index (χ4v) is 5.02. The number of sulfonamides is 1. The first-order valence-corrected chi connectivity index (χ1v) is 10.5. The van der Waals surface area contributed by atoms with Gasteiger partial charge in [0.25, 0.3) is 0 Å². The number of hydrogen-bond donors (Lipinski definition) is 2. The fourth-order valence-electron chi connectivity index (χ4n) is 3.88. The first-order valence-electron chi connectivity index (χ1n) is 9.06. The first-order chi connectivity index (χ1) is 12.9. The molecule has 0 amide bonds. The molecule has 2 aromatic carbocycles. The highest BCUT2D eigenvalue weighted by Gasteiger charge is 2.36. The number of hydrogen-bond acceptors (Lipinski definition) is 5. The van der Waals surface area contributed by atoms with Gasteiger partial charge >= 0.3 is 0 Å². The maximum atomic E-state index is 12.7. The third-order valence-electron chi connectivity index (χ3n) is 5.38. The topological polar surface area (TPSA) is 84.9 Å². The van der Waals surface area contributed by atoms with Gasteiger partial charge < -0.3 is 14.6 Å². The molecule has 0 bridgehead atoms. The summed E-state index contributed by atoms with van der Waals surface area (Å²) in [4.78, 5) is 0.195. The Morgan fingerprint density at radius 1 is 1.19 bits per heavy atom. The van der Waals surface area contributed by atoms with Crippen LogP contribution < -0.4 is 14.2 Å². The summed E-state index contributed by atoms with van der Waals surface area (Å²) in [5.74, 6) is 1.47. The predicted octanol–water partition coefficient (Wildman–Crippen LogP) is 2.13. The number of aryl methyl sites for hydroxylation is 1. The van der Waals surface area contributed by atoms with Crippen LogP contribution in [0.3, 0.4) is 0 Å². The largest absolute Gasteiger partial charge is 0.497 e. The minimum absolute atomic E-state index is 0.0672. The molecule has 2 N–H and O–H groups in total. The third-order valence-corrected chi connectivity index (χ3v) is 6.78. The van der Waals surface area contributed by atoms with E-state index >= 15 is 0 Å². The fraction of sp³-hybridized carbons (Fsp3) is 0.400. The van der Waals surface area contributed by atoms with Gasteiger partial charge in [-0.15, -0.1) is 0 Å². The Balaban J connectivity index is 1.56. The van der Waals surface area contributed by atoms with Crippen molar-refractivity contribution in [1.29, 1.82) is 0 Å². The summed E-state index contributed by atoms with van der Waals surface area (Å²) in [5.41, 5.74) is 1.43. The summed E-state index contributed by atoms with van der Waals surface area (Å²) in [7, 11) is -2.12. The first kappa shape index (κ1) is 18.3. The van der Waals surface area contributed by atoms with Crippen LogP contribution in [0.15, 0.2) is 41.3 Å². The van der Waals surface area contributed by atoms with Crippen molar-refractivity contribution < 1.29 is 23.0 Å². The number of methoxy groups -OCH3 is 1. The molecule has 27 heavy (non-hydrogen) atoms. The summed E-state index contributed by atoms with van der Waals surface area (Å²) in [6, 6.07) is 10.4. The molecule has 7 heteroatoms. The highest BCUT2D eigenvalue weighted by atomic mass is 32.2. The van der Waals surface area contributed by atoms with E-state index in [0.717, 1.165) is 41.0 Å². The second-order valence-electron chi connectivity index (χ2n) is 7.10. The van der Waals surface area contributed by atoms with Crippen molar-refractivity contribution in [3.63, 3.8) is 0 Å². The van der Waals surface area contributed by atoms with Gasteiger partial charge in [-0.3, -0.25) is 0 Å².